The number of sulfonamides is 1. The first-order valence-corrected chi connectivity index (χ1v) is 9.66. The second kappa shape index (κ2) is 7.49. The van der Waals surface area contributed by atoms with E-state index in [0.29, 0.717) is 18.4 Å². The highest BCUT2D eigenvalue weighted by atomic mass is 32.2. The Balaban J connectivity index is 2.21. The second-order valence-electron chi connectivity index (χ2n) is 6.65. The quantitative estimate of drug-likeness (QED) is 0.758. The summed E-state index contributed by atoms with van der Waals surface area (Å²) >= 11 is 0. The molecule has 0 atom stereocenters. The molecule has 0 bridgehead atoms. The summed E-state index contributed by atoms with van der Waals surface area (Å²) in [5.41, 5.74) is 2.44. The number of Topliss-reactive ketones (excluding diaryl/α,β-unsaturated/α-hetero) is 1. The minimum atomic E-state index is -3.46. The largest absolute Gasteiger partial charge is 0.299 e. The second-order valence-corrected chi connectivity index (χ2v) is 8.77. The normalized spacial score (nSPS) is 12.1. The first-order chi connectivity index (χ1) is 11.6. The summed E-state index contributed by atoms with van der Waals surface area (Å²) in [6, 6.07) is 5.13. The van der Waals surface area contributed by atoms with Gasteiger partial charge >= 0.3 is 0 Å². The highest BCUT2D eigenvalue weighted by molar-refractivity contribution is 7.89. The maximum Gasteiger partial charge on any atom is 0.242 e. The molecule has 0 N–H and O–H groups in total. The summed E-state index contributed by atoms with van der Waals surface area (Å²) in [5, 5.41) is 4.32. The maximum atomic E-state index is 12.3. The van der Waals surface area contributed by atoms with Crippen LogP contribution >= 0.6 is 0 Å². The van der Waals surface area contributed by atoms with Gasteiger partial charge in [0.2, 0.25) is 10.0 Å². The van der Waals surface area contributed by atoms with Crippen molar-refractivity contribution in [1.82, 2.24) is 14.1 Å². The molecule has 1 aromatic heterocycles. The number of aryl methyl sites for hydroxylation is 2. The van der Waals surface area contributed by atoms with Gasteiger partial charge in [-0.05, 0) is 42.7 Å². The van der Waals surface area contributed by atoms with Crippen molar-refractivity contribution in [3.05, 3.63) is 41.7 Å². The van der Waals surface area contributed by atoms with E-state index in [9.17, 15) is 13.2 Å². The van der Waals surface area contributed by atoms with E-state index >= 15 is 0 Å². The van der Waals surface area contributed by atoms with Crippen LogP contribution < -0.4 is 0 Å². The Morgan fingerprint density at radius 1 is 1.28 bits per heavy atom. The summed E-state index contributed by atoms with van der Waals surface area (Å²) in [6.07, 6.45) is 4.78. The van der Waals surface area contributed by atoms with Crippen molar-refractivity contribution >= 4 is 15.8 Å². The molecule has 0 spiro atoms. The topological polar surface area (TPSA) is 72.3 Å². The van der Waals surface area contributed by atoms with Gasteiger partial charge in [-0.15, -0.1) is 0 Å². The number of rotatable bonds is 7. The molecule has 2 rings (SSSR count). The van der Waals surface area contributed by atoms with Crippen molar-refractivity contribution in [2.75, 3.05) is 14.1 Å². The Morgan fingerprint density at radius 3 is 2.52 bits per heavy atom. The molecule has 7 heteroatoms. The zero-order valence-corrected chi connectivity index (χ0v) is 16.2. The molecule has 25 heavy (non-hydrogen) atoms. The first kappa shape index (κ1) is 19.3. The van der Waals surface area contributed by atoms with E-state index in [-0.39, 0.29) is 16.6 Å². The molecule has 1 heterocycles. The lowest BCUT2D eigenvalue weighted by Crippen LogP contribution is -2.23. The van der Waals surface area contributed by atoms with Crippen molar-refractivity contribution in [3.8, 4) is 5.69 Å². The standard InChI is InChI=1S/C18H25N3O3S/c1-13(2)17(22)8-6-15-11-19-21(12-15)16-7-9-18(14(3)10-16)25(23,24)20(4)5/h7,9-13H,6,8H2,1-5H3. The molecular formula is C18H25N3O3S. The molecule has 0 aliphatic carbocycles. The fourth-order valence-electron chi connectivity index (χ4n) is 2.45. The smallest absolute Gasteiger partial charge is 0.242 e. The van der Waals surface area contributed by atoms with Gasteiger partial charge in [0, 0.05) is 32.6 Å². The third-order valence-electron chi connectivity index (χ3n) is 4.12. The van der Waals surface area contributed by atoms with Gasteiger partial charge in [0.15, 0.2) is 0 Å². The van der Waals surface area contributed by atoms with E-state index in [2.05, 4.69) is 5.10 Å². The van der Waals surface area contributed by atoms with Crippen LogP contribution in [-0.4, -0.2) is 42.4 Å². The molecular weight excluding hydrogens is 338 g/mol. The summed E-state index contributed by atoms with van der Waals surface area (Å²) in [6.45, 7) is 5.57. The fourth-order valence-corrected chi connectivity index (χ4v) is 3.55. The van der Waals surface area contributed by atoms with Crippen LogP contribution in [0.4, 0.5) is 0 Å². The Labute approximate surface area is 149 Å². The molecule has 0 saturated heterocycles. The number of carbonyl (C=O) groups excluding carboxylic acids is 1. The van der Waals surface area contributed by atoms with Crippen LogP contribution in [0.1, 0.15) is 31.4 Å². The molecule has 0 saturated carbocycles. The number of aromatic nitrogens is 2. The lowest BCUT2D eigenvalue weighted by atomic mass is 10.0. The minimum absolute atomic E-state index is 0.0453. The first-order valence-electron chi connectivity index (χ1n) is 8.22. The maximum absolute atomic E-state index is 12.3. The third-order valence-corrected chi connectivity index (χ3v) is 6.10. The Bertz CT molecular complexity index is 867. The van der Waals surface area contributed by atoms with Crippen LogP contribution in [0.5, 0.6) is 0 Å². The van der Waals surface area contributed by atoms with Crippen LogP contribution in [0.25, 0.3) is 5.69 Å². The summed E-state index contributed by atoms with van der Waals surface area (Å²) in [7, 11) is -0.432. The molecule has 0 fully saturated rings. The third kappa shape index (κ3) is 4.35. The highest BCUT2D eigenvalue weighted by Gasteiger charge is 2.20. The van der Waals surface area contributed by atoms with Crippen molar-refractivity contribution in [1.29, 1.82) is 0 Å². The number of ketones is 1. The monoisotopic (exact) mass is 363 g/mol. The molecule has 1 aromatic carbocycles. The zero-order valence-electron chi connectivity index (χ0n) is 15.4. The molecule has 136 valence electrons. The van der Waals surface area contributed by atoms with Gasteiger partial charge in [-0.1, -0.05) is 13.8 Å². The Hall–Kier alpha value is -1.99. The SMILES string of the molecule is Cc1cc(-n2cc(CCC(=O)C(C)C)cn2)ccc1S(=O)(=O)N(C)C. The van der Waals surface area contributed by atoms with Crippen molar-refractivity contribution in [2.45, 2.75) is 38.5 Å². The number of benzene rings is 1. The van der Waals surface area contributed by atoms with Gasteiger partial charge in [-0.3, -0.25) is 4.79 Å². The van der Waals surface area contributed by atoms with Gasteiger partial charge in [0.1, 0.15) is 5.78 Å². The molecule has 0 aliphatic rings. The van der Waals surface area contributed by atoms with Crippen LogP contribution in [-0.2, 0) is 21.2 Å². The summed E-state index contributed by atoms with van der Waals surface area (Å²) in [4.78, 5) is 12.0. The zero-order chi connectivity index (χ0) is 18.8. The van der Waals surface area contributed by atoms with Crippen LogP contribution in [0.3, 0.4) is 0 Å². The molecule has 2 aromatic rings. The van der Waals surface area contributed by atoms with Crippen molar-refractivity contribution in [3.63, 3.8) is 0 Å². The lowest BCUT2D eigenvalue weighted by Gasteiger charge is -2.14. The van der Waals surface area contributed by atoms with Crippen molar-refractivity contribution in [2.24, 2.45) is 5.92 Å². The van der Waals surface area contributed by atoms with Crippen LogP contribution in [0.2, 0.25) is 0 Å². The number of hydrogen-bond donors (Lipinski definition) is 0. The fraction of sp³-hybridized carbons (Fsp3) is 0.444. The van der Waals surface area contributed by atoms with Gasteiger partial charge in [-0.2, -0.15) is 5.10 Å². The summed E-state index contributed by atoms with van der Waals surface area (Å²) in [5.74, 6) is 0.283. The van der Waals surface area contributed by atoms with Gasteiger partial charge in [-0.25, -0.2) is 17.4 Å². The van der Waals surface area contributed by atoms with Crippen LogP contribution in [0.15, 0.2) is 35.5 Å². The molecule has 0 unspecified atom stereocenters. The molecule has 6 nitrogen and oxygen atoms in total. The van der Waals surface area contributed by atoms with Gasteiger partial charge in [0.05, 0.1) is 16.8 Å². The van der Waals surface area contributed by atoms with Crippen molar-refractivity contribution < 1.29 is 13.2 Å². The Kier molecular flexibility index (Phi) is 5.80. The van der Waals surface area contributed by atoms with Gasteiger partial charge < -0.3 is 0 Å². The molecule has 0 radical (unpaired) electrons. The molecule has 0 aliphatic heterocycles. The van der Waals surface area contributed by atoms with E-state index in [1.165, 1.54) is 18.4 Å². The van der Waals surface area contributed by atoms with E-state index in [4.69, 9.17) is 0 Å². The van der Waals surface area contributed by atoms with Crippen LogP contribution in [0, 0.1) is 12.8 Å². The Morgan fingerprint density at radius 2 is 1.96 bits per heavy atom. The van der Waals surface area contributed by atoms with Gasteiger partial charge in [0.25, 0.3) is 0 Å². The lowest BCUT2D eigenvalue weighted by molar-refractivity contribution is -0.121. The number of carbonyl (C=O) groups is 1. The number of nitrogens with zero attached hydrogens (tertiary/aromatic N) is 3. The van der Waals surface area contributed by atoms with E-state index in [1.54, 1.807) is 36.0 Å². The minimum Gasteiger partial charge on any atom is -0.299 e. The molecule has 0 amide bonds. The number of hydrogen-bond acceptors (Lipinski definition) is 4. The average Bonchev–Trinajstić information content (AvgIpc) is 3.00. The highest BCUT2D eigenvalue weighted by Crippen LogP contribution is 2.21. The van der Waals surface area contributed by atoms with E-state index < -0.39 is 10.0 Å². The predicted molar refractivity (Wildman–Crippen MR) is 97.3 cm³/mol. The van der Waals surface area contributed by atoms with E-state index in [1.807, 2.05) is 20.0 Å². The summed E-state index contributed by atoms with van der Waals surface area (Å²) < 4.78 is 27.5. The predicted octanol–water partition coefficient (Wildman–Crippen LogP) is 2.59. The van der Waals surface area contributed by atoms with E-state index in [0.717, 1.165) is 11.3 Å². The average molecular weight is 363 g/mol.